The number of allylic oxidation sites excluding steroid dienone is 2. The number of likely N-dealkylation sites (N-methyl/N-ethyl adjacent to an activating group) is 1. The van der Waals surface area contributed by atoms with Crippen molar-refractivity contribution in [3.8, 4) is 0 Å². The van der Waals surface area contributed by atoms with Crippen molar-refractivity contribution in [1.82, 2.24) is 4.90 Å². The van der Waals surface area contributed by atoms with Gasteiger partial charge in [0.25, 0.3) is 0 Å². The van der Waals surface area contributed by atoms with Gasteiger partial charge in [0, 0.05) is 12.6 Å². The first-order valence-corrected chi connectivity index (χ1v) is 8.24. The molecule has 0 saturated heterocycles. The Hall–Kier alpha value is -2.57. The highest BCUT2D eigenvalue weighted by molar-refractivity contribution is 6.14. The van der Waals surface area contributed by atoms with E-state index in [1.165, 1.54) is 6.08 Å². The van der Waals surface area contributed by atoms with E-state index in [9.17, 15) is 14.4 Å². The molecule has 0 heterocycles. The predicted molar refractivity (Wildman–Crippen MR) is 93.5 cm³/mol. The summed E-state index contributed by atoms with van der Waals surface area (Å²) in [5.74, 6) is -1.85. The van der Waals surface area contributed by atoms with Crippen molar-refractivity contribution in [3.63, 3.8) is 0 Å². The molecule has 0 unspecified atom stereocenters. The summed E-state index contributed by atoms with van der Waals surface area (Å²) < 4.78 is 14.6. The molecule has 0 amide bonds. The van der Waals surface area contributed by atoms with Crippen molar-refractivity contribution in [2.24, 2.45) is 0 Å². The Kier molecular flexibility index (Phi) is 12.4. The Balaban J connectivity index is 4.66. The summed E-state index contributed by atoms with van der Waals surface area (Å²) >= 11 is 0. The zero-order valence-corrected chi connectivity index (χ0v) is 15.2. The van der Waals surface area contributed by atoms with Crippen LogP contribution in [0.4, 0.5) is 0 Å². The van der Waals surface area contributed by atoms with Crippen molar-refractivity contribution in [2.45, 2.75) is 27.2 Å². The summed E-state index contributed by atoms with van der Waals surface area (Å²) in [4.78, 5) is 36.5. The molecule has 0 aliphatic rings. The summed E-state index contributed by atoms with van der Waals surface area (Å²) in [6.45, 7) is 10.5. The number of esters is 3. The lowest BCUT2D eigenvalue weighted by atomic mass is 10.2. The fraction of sp³-hybridized carbons (Fsp3) is 0.500. The van der Waals surface area contributed by atoms with E-state index in [-0.39, 0.29) is 25.4 Å². The molecule has 0 radical (unpaired) electrons. The van der Waals surface area contributed by atoms with Crippen LogP contribution in [-0.2, 0) is 28.6 Å². The van der Waals surface area contributed by atoms with E-state index < -0.39 is 17.9 Å². The van der Waals surface area contributed by atoms with Crippen LogP contribution in [0.2, 0.25) is 0 Å². The van der Waals surface area contributed by atoms with Gasteiger partial charge in [0.15, 0.2) is 0 Å². The third-order valence-electron chi connectivity index (χ3n) is 2.96. The minimum atomic E-state index is -0.696. The van der Waals surface area contributed by atoms with Crippen LogP contribution in [0.5, 0.6) is 0 Å². The lowest BCUT2D eigenvalue weighted by Gasteiger charge is -2.17. The summed E-state index contributed by atoms with van der Waals surface area (Å²) in [6, 6.07) is 0. The van der Waals surface area contributed by atoms with Crippen LogP contribution >= 0.6 is 0 Å². The van der Waals surface area contributed by atoms with Gasteiger partial charge in [-0.25, -0.2) is 14.4 Å². The first-order chi connectivity index (χ1) is 12.0. The SMILES string of the molecule is C=CC(=O)OCCN(C=CCC=C(C(=O)OCC)C(=O)OCC)CC. The zero-order valence-electron chi connectivity index (χ0n) is 15.2. The van der Waals surface area contributed by atoms with Gasteiger partial charge in [-0.2, -0.15) is 0 Å². The summed E-state index contributed by atoms with van der Waals surface area (Å²) in [6.07, 6.45) is 6.54. The van der Waals surface area contributed by atoms with Gasteiger partial charge in [0.1, 0.15) is 12.2 Å². The molecule has 0 rings (SSSR count). The molecule has 0 aromatic rings. The molecule has 0 atom stereocenters. The molecule has 0 N–H and O–H groups in total. The molecule has 140 valence electrons. The van der Waals surface area contributed by atoms with Crippen molar-refractivity contribution in [2.75, 3.05) is 32.9 Å². The summed E-state index contributed by atoms with van der Waals surface area (Å²) in [7, 11) is 0. The molecule has 0 aliphatic carbocycles. The number of hydrogen-bond acceptors (Lipinski definition) is 7. The van der Waals surface area contributed by atoms with Crippen LogP contribution in [-0.4, -0.2) is 55.7 Å². The van der Waals surface area contributed by atoms with Gasteiger partial charge in [-0.3, -0.25) is 0 Å². The van der Waals surface area contributed by atoms with E-state index in [1.54, 1.807) is 19.9 Å². The second-order valence-corrected chi connectivity index (χ2v) is 4.68. The van der Waals surface area contributed by atoms with Gasteiger partial charge in [-0.1, -0.05) is 18.7 Å². The lowest BCUT2D eigenvalue weighted by molar-refractivity contribution is -0.146. The van der Waals surface area contributed by atoms with E-state index in [2.05, 4.69) is 6.58 Å². The second-order valence-electron chi connectivity index (χ2n) is 4.68. The fourth-order valence-electron chi connectivity index (χ4n) is 1.72. The van der Waals surface area contributed by atoms with Crippen LogP contribution in [0.1, 0.15) is 27.2 Å². The average Bonchev–Trinajstić information content (AvgIpc) is 2.59. The van der Waals surface area contributed by atoms with Gasteiger partial charge in [0.05, 0.1) is 19.8 Å². The maximum Gasteiger partial charge on any atom is 0.345 e. The Morgan fingerprint density at radius 1 is 1.00 bits per heavy atom. The molecular formula is C18H27NO6. The molecule has 7 nitrogen and oxygen atoms in total. The number of hydrogen-bond donors (Lipinski definition) is 0. The van der Waals surface area contributed by atoms with E-state index >= 15 is 0 Å². The molecule has 0 aromatic carbocycles. The van der Waals surface area contributed by atoms with E-state index in [1.807, 2.05) is 18.0 Å². The zero-order chi connectivity index (χ0) is 19.1. The number of ether oxygens (including phenoxy) is 3. The van der Waals surface area contributed by atoms with Crippen LogP contribution in [0.15, 0.2) is 36.6 Å². The van der Waals surface area contributed by atoms with Crippen LogP contribution in [0, 0.1) is 0 Å². The van der Waals surface area contributed by atoms with E-state index in [0.717, 1.165) is 6.08 Å². The predicted octanol–water partition coefficient (Wildman–Crippen LogP) is 1.99. The first kappa shape index (κ1) is 22.4. The normalized spacial score (nSPS) is 10.0. The minimum absolute atomic E-state index is 0.115. The highest BCUT2D eigenvalue weighted by atomic mass is 16.6. The number of carbonyl (C=O) groups is 3. The first-order valence-electron chi connectivity index (χ1n) is 8.24. The third-order valence-corrected chi connectivity index (χ3v) is 2.96. The molecule has 0 saturated carbocycles. The maximum absolute atomic E-state index is 11.8. The molecular weight excluding hydrogens is 326 g/mol. The van der Waals surface area contributed by atoms with Gasteiger partial charge in [-0.05, 0) is 33.4 Å². The molecule has 0 fully saturated rings. The largest absolute Gasteiger partial charge is 0.462 e. The monoisotopic (exact) mass is 353 g/mol. The Morgan fingerprint density at radius 3 is 2.08 bits per heavy atom. The number of nitrogens with zero attached hydrogens (tertiary/aromatic N) is 1. The van der Waals surface area contributed by atoms with E-state index in [4.69, 9.17) is 14.2 Å². The maximum atomic E-state index is 11.8. The Morgan fingerprint density at radius 2 is 1.60 bits per heavy atom. The van der Waals surface area contributed by atoms with Gasteiger partial charge >= 0.3 is 17.9 Å². The van der Waals surface area contributed by atoms with Gasteiger partial charge in [0.2, 0.25) is 0 Å². The van der Waals surface area contributed by atoms with Crippen LogP contribution in [0.3, 0.4) is 0 Å². The van der Waals surface area contributed by atoms with Gasteiger partial charge in [-0.15, -0.1) is 0 Å². The molecule has 0 bridgehead atoms. The Labute approximate surface area is 148 Å². The number of carbonyl (C=O) groups excluding carboxylic acids is 3. The van der Waals surface area contributed by atoms with Crippen molar-refractivity contribution in [3.05, 3.63) is 36.6 Å². The minimum Gasteiger partial charge on any atom is -0.462 e. The highest BCUT2D eigenvalue weighted by Crippen LogP contribution is 2.05. The van der Waals surface area contributed by atoms with Crippen molar-refractivity contribution in [1.29, 1.82) is 0 Å². The standard InChI is InChI=1S/C18H27NO6/c1-5-16(20)25-14-13-19(6-2)12-10-9-11-15(17(21)23-7-3)18(22)24-8-4/h5,10-12H,1,6-9,13-14H2,2-4H3. The van der Waals surface area contributed by atoms with Crippen molar-refractivity contribution >= 4 is 17.9 Å². The quantitative estimate of drug-likeness (QED) is 0.174. The fourth-order valence-corrected chi connectivity index (χ4v) is 1.72. The third kappa shape index (κ3) is 10.0. The number of rotatable bonds is 12. The topological polar surface area (TPSA) is 82.1 Å². The summed E-state index contributed by atoms with van der Waals surface area (Å²) in [5.41, 5.74) is -0.115. The average molecular weight is 353 g/mol. The molecule has 7 heteroatoms. The summed E-state index contributed by atoms with van der Waals surface area (Å²) in [5, 5.41) is 0. The highest BCUT2D eigenvalue weighted by Gasteiger charge is 2.19. The smallest absolute Gasteiger partial charge is 0.345 e. The molecule has 0 spiro atoms. The van der Waals surface area contributed by atoms with Crippen LogP contribution < -0.4 is 0 Å². The van der Waals surface area contributed by atoms with Gasteiger partial charge < -0.3 is 19.1 Å². The molecule has 0 aliphatic heterocycles. The molecule has 0 aromatic heterocycles. The lowest BCUT2D eigenvalue weighted by Crippen LogP contribution is -2.22. The van der Waals surface area contributed by atoms with Crippen LogP contribution in [0.25, 0.3) is 0 Å². The molecule has 25 heavy (non-hydrogen) atoms. The Bertz CT molecular complexity index is 490. The van der Waals surface area contributed by atoms with Crippen molar-refractivity contribution < 1.29 is 28.6 Å². The second kappa shape index (κ2) is 13.8. The van der Waals surface area contributed by atoms with E-state index in [0.29, 0.717) is 19.5 Å².